The second-order valence-corrected chi connectivity index (χ2v) is 6.12. The van der Waals surface area contributed by atoms with E-state index in [2.05, 4.69) is 16.0 Å². The number of aliphatic hydroxyl groups is 1. The molecule has 1 aliphatic rings. The van der Waals surface area contributed by atoms with Crippen molar-refractivity contribution in [2.45, 2.75) is 31.0 Å². The fourth-order valence-corrected chi connectivity index (χ4v) is 2.96. The van der Waals surface area contributed by atoms with Crippen LogP contribution in [-0.2, 0) is 20.8 Å². The van der Waals surface area contributed by atoms with Gasteiger partial charge in [0.15, 0.2) is 0 Å². The molecule has 22 heavy (non-hydrogen) atoms. The summed E-state index contributed by atoms with van der Waals surface area (Å²) in [6.07, 6.45) is 1.96. The molecule has 1 aliphatic heterocycles. The quantitative estimate of drug-likeness (QED) is 0.500. The van der Waals surface area contributed by atoms with E-state index in [0.717, 1.165) is 4.88 Å². The van der Waals surface area contributed by atoms with Crippen molar-refractivity contribution in [1.29, 1.82) is 0 Å². The minimum atomic E-state index is -0.727. The van der Waals surface area contributed by atoms with Gasteiger partial charge in [-0.1, -0.05) is 6.07 Å². The lowest BCUT2D eigenvalue weighted by molar-refractivity contribution is -0.127. The molecule has 2 heterocycles. The second kappa shape index (κ2) is 8.02. The highest BCUT2D eigenvalue weighted by atomic mass is 32.1. The summed E-state index contributed by atoms with van der Waals surface area (Å²) in [7, 11) is 0. The number of rotatable bonds is 7. The lowest BCUT2D eigenvalue weighted by Crippen LogP contribution is -2.47. The number of aliphatic hydroxyl groups excluding tert-OH is 1. The van der Waals surface area contributed by atoms with Gasteiger partial charge in [0.25, 0.3) is 0 Å². The summed E-state index contributed by atoms with van der Waals surface area (Å²) < 4.78 is 0. The highest BCUT2D eigenvalue weighted by Gasteiger charge is 2.28. The highest BCUT2D eigenvalue weighted by Crippen LogP contribution is 2.10. The van der Waals surface area contributed by atoms with Gasteiger partial charge in [-0.25, -0.2) is 0 Å². The number of nitrogens with one attached hydrogen (secondary N) is 3. The zero-order chi connectivity index (χ0) is 15.9. The van der Waals surface area contributed by atoms with E-state index in [1.165, 1.54) is 11.3 Å². The maximum Gasteiger partial charge on any atom is 0.240 e. The second-order valence-electron chi connectivity index (χ2n) is 5.09. The molecule has 119 valence electrons. The van der Waals surface area contributed by atoms with E-state index in [1.807, 2.05) is 17.5 Å². The van der Waals surface area contributed by atoms with Crippen molar-refractivity contribution in [2.75, 3.05) is 13.1 Å². The Balaban J connectivity index is 1.72. The topological polar surface area (TPSA) is 108 Å². The molecule has 1 aromatic rings. The number of thiophene rings is 1. The molecule has 0 spiro atoms. The van der Waals surface area contributed by atoms with Crippen molar-refractivity contribution in [2.24, 2.45) is 0 Å². The van der Waals surface area contributed by atoms with Crippen LogP contribution in [0.5, 0.6) is 0 Å². The van der Waals surface area contributed by atoms with E-state index in [-0.39, 0.29) is 12.5 Å². The summed E-state index contributed by atoms with van der Waals surface area (Å²) in [4.78, 5) is 35.4. The first-order chi connectivity index (χ1) is 10.6. The van der Waals surface area contributed by atoms with Gasteiger partial charge in [0.05, 0.1) is 18.7 Å². The van der Waals surface area contributed by atoms with E-state index < -0.39 is 24.1 Å². The third-order valence-electron chi connectivity index (χ3n) is 3.31. The van der Waals surface area contributed by atoms with Gasteiger partial charge in [-0.05, 0) is 17.9 Å². The molecule has 0 saturated carbocycles. The van der Waals surface area contributed by atoms with Crippen molar-refractivity contribution in [1.82, 2.24) is 16.0 Å². The first-order valence-corrected chi connectivity index (χ1v) is 7.85. The van der Waals surface area contributed by atoms with Crippen molar-refractivity contribution in [3.63, 3.8) is 0 Å². The molecule has 1 unspecified atom stereocenters. The fourth-order valence-electron chi connectivity index (χ4n) is 2.20. The van der Waals surface area contributed by atoms with Crippen LogP contribution in [0.15, 0.2) is 17.5 Å². The van der Waals surface area contributed by atoms with Gasteiger partial charge in [-0.15, -0.1) is 11.3 Å². The van der Waals surface area contributed by atoms with Crippen molar-refractivity contribution < 1.29 is 19.5 Å². The predicted molar refractivity (Wildman–Crippen MR) is 81.1 cm³/mol. The number of carbonyl (C=O) groups is 2. The van der Waals surface area contributed by atoms with Gasteiger partial charge >= 0.3 is 0 Å². The minimum Gasteiger partial charge on any atom is -0.392 e. The standard InChI is InChI=1S/C14H18N3O4S/c18-8-9(4-11-2-1-3-22-11)17-13(20)7-16-14(21)12-5-10(19)6-15-12/h1-3,9-10,12,15,19H,4-7H2,(H,16,21)(H,17,20)/t9-,10?,12-/m0/s1. The molecule has 1 saturated heterocycles. The molecule has 2 amide bonds. The number of hydrogen-bond acceptors (Lipinski definition) is 6. The van der Waals surface area contributed by atoms with Crippen LogP contribution >= 0.6 is 11.3 Å². The van der Waals surface area contributed by atoms with E-state index in [4.69, 9.17) is 0 Å². The third-order valence-corrected chi connectivity index (χ3v) is 4.21. The first kappa shape index (κ1) is 16.6. The van der Waals surface area contributed by atoms with Gasteiger partial charge < -0.3 is 21.1 Å². The van der Waals surface area contributed by atoms with Gasteiger partial charge in [-0.2, -0.15) is 0 Å². The van der Waals surface area contributed by atoms with Crippen LogP contribution in [0.4, 0.5) is 0 Å². The Morgan fingerprint density at radius 3 is 2.95 bits per heavy atom. The van der Waals surface area contributed by atoms with E-state index in [0.29, 0.717) is 19.4 Å². The van der Waals surface area contributed by atoms with Crippen LogP contribution in [0, 0.1) is 0 Å². The molecular formula is C14H18N3O4S. The van der Waals surface area contributed by atoms with Crippen LogP contribution in [0.2, 0.25) is 0 Å². The number of amides is 2. The summed E-state index contributed by atoms with van der Waals surface area (Å²) in [5, 5.41) is 19.1. The molecule has 4 N–H and O–H groups in total. The van der Waals surface area contributed by atoms with E-state index >= 15 is 0 Å². The smallest absolute Gasteiger partial charge is 0.240 e. The molecule has 8 heteroatoms. The molecule has 2 rings (SSSR count). The Bertz CT molecular complexity index is 520. The molecule has 0 aromatic carbocycles. The van der Waals surface area contributed by atoms with E-state index in [9.17, 15) is 19.5 Å². The Morgan fingerprint density at radius 2 is 2.36 bits per heavy atom. The Labute approximate surface area is 132 Å². The van der Waals surface area contributed by atoms with E-state index in [1.54, 1.807) is 6.29 Å². The number of carbonyl (C=O) groups excluding carboxylic acids is 3. The molecule has 1 fully saturated rings. The van der Waals surface area contributed by atoms with Crippen LogP contribution in [0.25, 0.3) is 0 Å². The normalized spacial score (nSPS) is 22.0. The highest BCUT2D eigenvalue weighted by molar-refractivity contribution is 7.09. The van der Waals surface area contributed by atoms with Crippen molar-refractivity contribution in [3.8, 4) is 0 Å². The van der Waals surface area contributed by atoms with Crippen LogP contribution in [-0.4, -0.2) is 54.5 Å². The summed E-state index contributed by atoms with van der Waals surface area (Å²) in [5.41, 5.74) is 0. The van der Waals surface area contributed by atoms with Crippen LogP contribution in [0.1, 0.15) is 11.3 Å². The average Bonchev–Trinajstić information content (AvgIpc) is 3.15. The van der Waals surface area contributed by atoms with Gasteiger partial charge in [0.2, 0.25) is 18.1 Å². The fraction of sp³-hybridized carbons (Fsp3) is 0.500. The van der Waals surface area contributed by atoms with Gasteiger partial charge in [0, 0.05) is 17.8 Å². The first-order valence-electron chi connectivity index (χ1n) is 6.97. The largest absolute Gasteiger partial charge is 0.392 e. The summed E-state index contributed by atoms with van der Waals surface area (Å²) in [6.45, 7) is 0.156. The Kier molecular flexibility index (Phi) is 6.05. The summed E-state index contributed by atoms with van der Waals surface area (Å²) in [6, 6.07) is 2.53. The Hall–Kier alpha value is -1.77. The lowest BCUT2D eigenvalue weighted by Gasteiger charge is -2.13. The molecule has 7 nitrogen and oxygen atoms in total. The zero-order valence-electron chi connectivity index (χ0n) is 11.9. The lowest BCUT2D eigenvalue weighted by atomic mass is 10.2. The average molecular weight is 324 g/mol. The number of β-amino-alcohol motifs (C(OH)–C–C–N with tert-alkyl or cyclic N) is 1. The SMILES string of the molecule is O=[C][C@H](Cc1cccs1)NC(=O)CNC(=O)[C@@H]1CC(O)CN1. The van der Waals surface area contributed by atoms with Crippen molar-refractivity contribution >= 4 is 29.4 Å². The van der Waals surface area contributed by atoms with Gasteiger partial charge in [0.1, 0.15) is 6.04 Å². The molecule has 1 radical (unpaired) electrons. The Morgan fingerprint density at radius 1 is 1.55 bits per heavy atom. The number of hydrogen-bond donors (Lipinski definition) is 4. The monoisotopic (exact) mass is 324 g/mol. The molecule has 0 bridgehead atoms. The molecular weight excluding hydrogens is 306 g/mol. The zero-order valence-corrected chi connectivity index (χ0v) is 12.7. The van der Waals surface area contributed by atoms with Crippen LogP contribution in [0.3, 0.4) is 0 Å². The molecule has 3 atom stereocenters. The minimum absolute atomic E-state index is 0.213. The predicted octanol–water partition coefficient (Wildman–Crippen LogP) is -1.28. The molecule has 0 aliphatic carbocycles. The summed E-state index contributed by atoms with van der Waals surface area (Å²) in [5.74, 6) is -0.784. The van der Waals surface area contributed by atoms with Gasteiger partial charge in [-0.3, -0.25) is 14.4 Å². The third kappa shape index (κ3) is 4.90. The van der Waals surface area contributed by atoms with Crippen LogP contribution < -0.4 is 16.0 Å². The van der Waals surface area contributed by atoms with Crippen molar-refractivity contribution in [3.05, 3.63) is 22.4 Å². The maximum atomic E-state index is 11.8. The maximum absolute atomic E-state index is 11.8. The molecule has 1 aromatic heterocycles. The summed E-state index contributed by atoms with van der Waals surface area (Å²) >= 11 is 1.50.